The van der Waals surface area contributed by atoms with Crippen molar-refractivity contribution in [2.75, 3.05) is 0 Å². The van der Waals surface area contributed by atoms with Gasteiger partial charge in [-0.2, -0.15) is 0 Å². The Kier molecular flexibility index (Phi) is 2.92. The minimum atomic E-state index is -0.268. The highest BCUT2D eigenvalue weighted by atomic mass is 32.1. The van der Waals surface area contributed by atoms with E-state index in [1.807, 2.05) is 32.0 Å². The summed E-state index contributed by atoms with van der Waals surface area (Å²) in [6.07, 6.45) is 0. The lowest BCUT2D eigenvalue weighted by molar-refractivity contribution is 0.443. The predicted octanol–water partition coefficient (Wildman–Crippen LogP) is 3.50. The lowest BCUT2D eigenvalue weighted by Gasteiger charge is -2.21. The topological polar surface area (TPSA) is 43.8 Å². The fourth-order valence-electron chi connectivity index (χ4n) is 2.24. The van der Waals surface area contributed by atoms with Gasteiger partial charge in [-0.25, -0.2) is 4.98 Å². The van der Waals surface area contributed by atoms with Crippen molar-refractivity contribution in [1.82, 2.24) is 9.55 Å². The Morgan fingerprint density at radius 2 is 2.00 bits per heavy atom. The van der Waals surface area contributed by atoms with Gasteiger partial charge in [-0.1, -0.05) is 18.2 Å². The largest absolute Gasteiger partial charge is 0.324 e. The third kappa shape index (κ3) is 2.41. The lowest BCUT2D eigenvalue weighted by atomic mass is 10.1. The number of thiophene rings is 1. The van der Waals surface area contributed by atoms with Crippen molar-refractivity contribution in [1.29, 1.82) is 0 Å². The molecular weight excluding hydrogens is 254 g/mol. The van der Waals surface area contributed by atoms with E-state index in [0.717, 1.165) is 23.4 Å². The molecule has 0 radical (unpaired) electrons. The van der Waals surface area contributed by atoms with Gasteiger partial charge in [0.1, 0.15) is 0 Å². The number of nitrogens with zero attached hydrogens (tertiary/aromatic N) is 2. The summed E-state index contributed by atoms with van der Waals surface area (Å²) in [5.41, 5.74) is 8.09. The van der Waals surface area contributed by atoms with Crippen molar-refractivity contribution in [3.8, 4) is 10.7 Å². The van der Waals surface area contributed by atoms with Gasteiger partial charge in [-0.15, -0.1) is 11.3 Å². The second-order valence-electron chi connectivity index (χ2n) is 5.48. The van der Waals surface area contributed by atoms with Crippen LogP contribution in [0.15, 0.2) is 41.8 Å². The van der Waals surface area contributed by atoms with Gasteiger partial charge < -0.3 is 10.3 Å². The van der Waals surface area contributed by atoms with Gasteiger partial charge in [0.15, 0.2) is 5.82 Å². The molecule has 2 N–H and O–H groups in total. The van der Waals surface area contributed by atoms with Crippen LogP contribution >= 0.6 is 11.3 Å². The molecule has 3 aromatic rings. The summed E-state index contributed by atoms with van der Waals surface area (Å²) in [7, 11) is 0. The third-order valence-corrected chi connectivity index (χ3v) is 3.83. The van der Waals surface area contributed by atoms with E-state index in [9.17, 15) is 0 Å². The fourth-order valence-corrected chi connectivity index (χ4v) is 2.96. The van der Waals surface area contributed by atoms with E-state index in [0.29, 0.717) is 0 Å². The standard InChI is InChI=1S/C15H17N3S/c1-15(2,16)10-18-12-7-4-3-6-11(12)17-14(18)13-8-5-9-19-13/h3-9H,10,16H2,1-2H3. The maximum Gasteiger partial charge on any atom is 0.151 e. The number of hydrogen-bond acceptors (Lipinski definition) is 3. The minimum absolute atomic E-state index is 0.268. The van der Waals surface area contributed by atoms with Crippen molar-refractivity contribution in [2.45, 2.75) is 25.9 Å². The molecule has 0 saturated heterocycles. The lowest BCUT2D eigenvalue weighted by Crippen LogP contribution is -2.37. The molecule has 0 fully saturated rings. The Hall–Kier alpha value is -1.65. The van der Waals surface area contributed by atoms with Crippen LogP contribution in [-0.4, -0.2) is 15.1 Å². The monoisotopic (exact) mass is 271 g/mol. The molecule has 0 amide bonds. The molecule has 3 nitrogen and oxygen atoms in total. The van der Waals surface area contributed by atoms with Gasteiger partial charge in [-0.3, -0.25) is 0 Å². The van der Waals surface area contributed by atoms with Gasteiger partial charge in [0.25, 0.3) is 0 Å². The normalized spacial score (nSPS) is 12.2. The van der Waals surface area contributed by atoms with Gasteiger partial charge in [-0.05, 0) is 37.4 Å². The molecule has 0 aliphatic carbocycles. The van der Waals surface area contributed by atoms with E-state index in [1.54, 1.807) is 11.3 Å². The maximum atomic E-state index is 6.19. The Morgan fingerprint density at radius 1 is 1.21 bits per heavy atom. The van der Waals surface area contributed by atoms with Crippen LogP contribution in [0.2, 0.25) is 0 Å². The molecule has 0 saturated carbocycles. The summed E-state index contributed by atoms with van der Waals surface area (Å²) >= 11 is 1.71. The van der Waals surface area contributed by atoms with Crippen molar-refractivity contribution in [2.24, 2.45) is 5.73 Å². The molecular formula is C15H17N3S. The van der Waals surface area contributed by atoms with Crippen LogP contribution in [0.4, 0.5) is 0 Å². The molecule has 4 heteroatoms. The fraction of sp³-hybridized carbons (Fsp3) is 0.267. The summed E-state index contributed by atoms with van der Waals surface area (Å²) in [6, 6.07) is 12.4. The highest BCUT2D eigenvalue weighted by Gasteiger charge is 2.18. The summed E-state index contributed by atoms with van der Waals surface area (Å²) in [5, 5.41) is 2.08. The van der Waals surface area contributed by atoms with E-state index in [1.165, 1.54) is 4.88 Å². The van der Waals surface area contributed by atoms with E-state index in [2.05, 4.69) is 28.1 Å². The molecule has 1 aromatic carbocycles. The molecule has 0 spiro atoms. The van der Waals surface area contributed by atoms with E-state index < -0.39 is 0 Å². The maximum absolute atomic E-state index is 6.19. The quantitative estimate of drug-likeness (QED) is 0.792. The zero-order valence-electron chi connectivity index (χ0n) is 11.1. The van der Waals surface area contributed by atoms with Crippen LogP contribution in [0.1, 0.15) is 13.8 Å². The van der Waals surface area contributed by atoms with Crippen molar-refractivity contribution in [3.63, 3.8) is 0 Å². The van der Waals surface area contributed by atoms with Crippen LogP contribution in [-0.2, 0) is 6.54 Å². The average Bonchev–Trinajstić information content (AvgIpc) is 2.95. The molecule has 0 atom stereocenters. The first-order valence-corrected chi connectivity index (χ1v) is 7.21. The summed E-state index contributed by atoms with van der Waals surface area (Å²) < 4.78 is 2.22. The second-order valence-corrected chi connectivity index (χ2v) is 6.42. The van der Waals surface area contributed by atoms with Gasteiger partial charge in [0.2, 0.25) is 0 Å². The SMILES string of the molecule is CC(C)(N)Cn1c(-c2cccs2)nc2ccccc21. The van der Waals surface area contributed by atoms with E-state index in [-0.39, 0.29) is 5.54 Å². The van der Waals surface area contributed by atoms with Crippen molar-refractivity contribution < 1.29 is 0 Å². The van der Waals surface area contributed by atoms with Crippen molar-refractivity contribution in [3.05, 3.63) is 41.8 Å². The molecule has 0 unspecified atom stereocenters. The Morgan fingerprint density at radius 3 is 2.68 bits per heavy atom. The van der Waals surface area contributed by atoms with Crippen LogP contribution in [0.25, 0.3) is 21.7 Å². The number of aromatic nitrogens is 2. The number of nitrogens with two attached hydrogens (primary N) is 1. The number of fused-ring (bicyclic) bond motifs is 1. The third-order valence-electron chi connectivity index (χ3n) is 2.96. The molecule has 19 heavy (non-hydrogen) atoms. The number of imidazole rings is 1. The molecule has 98 valence electrons. The smallest absolute Gasteiger partial charge is 0.151 e. The molecule has 2 heterocycles. The highest BCUT2D eigenvalue weighted by molar-refractivity contribution is 7.13. The Labute approximate surface area is 116 Å². The van der Waals surface area contributed by atoms with E-state index in [4.69, 9.17) is 10.7 Å². The first-order valence-electron chi connectivity index (χ1n) is 6.33. The number of hydrogen-bond donors (Lipinski definition) is 1. The molecule has 0 aliphatic heterocycles. The van der Waals surface area contributed by atoms with Gasteiger partial charge in [0.05, 0.1) is 15.9 Å². The number of para-hydroxylation sites is 2. The summed E-state index contributed by atoms with van der Waals surface area (Å²) in [4.78, 5) is 5.94. The highest BCUT2D eigenvalue weighted by Crippen LogP contribution is 2.29. The zero-order chi connectivity index (χ0) is 13.5. The van der Waals surface area contributed by atoms with Crippen LogP contribution in [0, 0.1) is 0 Å². The zero-order valence-corrected chi connectivity index (χ0v) is 11.9. The summed E-state index contributed by atoms with van der Waals surface area (Å²) in [6.45, 7) is 4.83. The predicted molar refractivity (Wildman–Crippen MR) is 81.3 cm³/mol. The van der Waals surface area contributed by atoms with Crippen LogP contribution in [0.3, 0.4) is 0 Å². The molecule has 2 aromatic heterocycles. The van der Waals surface area contributed by atoms with Crippen molar-refractivity contribution >= 4 is 22.4 Å². The second kappa shape index (κ2) is 4.47. The minimum Gasteiger partial charge on any atom is -0.324 e. The summed E-state index contributed by atoms with van der Waals surface area (Å²) in [5.74, 6) is 1.01. The molecule has 0 bridgehead atoms. The van der Waals surface area contributed by atoms with Gasteiger partial charge in [0, 0.05) is 12.1 Å². The number of benzene rings is 1. The molecule has 3 rings (SSSR count). The van der Waals surface area contributed by atoms with Crippen LogP contribution < -0.4 is 5.73 Å². The Bertz CT molecular complexity index is 690. The first kappa shape index (κ1) is 12.4. The van der Waals surface area contributed by atoms with Crippen LogP contribution in [0.5, 0.6) is 0 Å². The Balaban J connectivity index is 2.23. The number of rotatable bonds is 3. The van der Waals surface area contributed by atoms with E-state index >= 15 is 0 Å². The average molecular weight is 271 g/mol. The first-order chi connectivity index (χ1) is 9.04. The molecule has 0 aliphatic rings. The van der Waals surface area contributed by atoms with Gasteiger partial charge >= 0.3 is 0 Å².